The number of sulfone groups is 1. The first-order valence-electron chi connectivity index (χ1n) is 9.61. The quantitative estimate of drug-likeness (QED) is 0.631. The summed E-state index contributed by atoms with van der Waals surface area (Å²) in [6, 6.07) is 5.86. The van der Waals surface area contributed by atoms with E-state index in [0.29, 0.717) is 4.88 Å². The van der Waals surface area contributed by atoms with E-state index >= 15 is 0 Å². The van der Waals surface area contributed by atoms with Crippen LogP contribution in [0, 0.1) is 5.82 Å². The van der Waals surface area contributed by atoms with E-state index in [0.717, 1.165) is 28.0 Å². The van der Waals surface area contributed by atoms with E-state index in [1.165, 1.54) is 18.2 Å². The smallest absolute Gasteiger partial charge is 0.194 e. The molecule has 160 valence electrons. The van der Waals surface area contributed by atoms with Crippen molar-refractivity contribution in [3.8, 4) is 0 Å². The largest absolute Gasteiger partial charge is 0.385 e. The van der Waals surface area contributed by atoms with Crippen molar-refractivity contribution in [2.45, 2.75) is 69.6 Å². The van der Waals surface area contributed by atoms with Gasteiger partial charge in [0.2, 0.25) is 0 Å². The predicted molar refractivity (Wildman–Crippen MR) is 115 cm³/mol. The molecule has 0 amide bonds. The lowest BCUT2D eigenvalue weighted by atomic mass is 9.86. The molecule has 1 aromatic heterocycles. The Labute approximate surface area is 176 Å². The third-order valence-corrected chi connectivity index (χ3v) is 8.40. The topological polar surface area (TPSA) is 71.4 Å². The summed E-state index contributed by atoms with van der Waals surface area (Å²) < 4.78 is 39.5. The molecular formula is C22H29FO4S2. The minimum absolute atomic E-state index is 0.00856. The number of aliphatic hydroxyl groups is 1. The summed E-state index contributed by atoms with van der Waals surface area (Å²) in [5, 5.41) is 10.1. The van der Waals surface area contributed by atoms with E-state index in [9.17, 15) is 22.7 Å². The fraction of sp³-hybridized carbons (Fsp3) is 0.500. The SMILES string of the molecule is CC(C)c1cc(F)cc(C(C)C)c1CC(=O)CS(=O)(=O)c1ccc(C(C)(C)O)s1. The molecule has 0 spiro atoms. The van der Waals surface area contributed by atoms with E-state index in [1.54, 1.807) is 19.9 Å². The Morgan fingerprint density at radius 1 is 1.10 bits per heavy atom. The summed E-state index contributed by atoms with van der Waals surface area (Å²) >= 11 is 0.973. The highest BCUT2D eigenvalue weighted by atomic mass is 32.2. The van der Waals surface area contributed by atoms with E-state index in [1.807, 2.05) is 27.7 Å². The summed E-state index contributed by atoms with van der Waals surface area (Å²) in [7, 11) is -3.81. The average molecular weight is 441 g/mol. The van der Waals surface area contributed by atoms with Gasteiger partial charge in [-0.25, -0.2) is 12.8 Å². The van der Waals surface area contributed by atoms with Gasteiger partial charge in [0.1, 0.15) is 15.8 Å². The first-order chi connectivity index (χ1) is 13.2. The van der Waals surface area contributed by atoms with Crippen LogP contribution >= 0.6 is 11.3 Å². The van der Waals surface area contributed by atoms with Gasteiger partial charge in [-0.2, -0.15) is 0 Å². The van der Waals surface area contributed by atoms with Gasteiger partial charge in [-0.1, -0.05) is 27.7 Å². The van der Waals surface area contributed by atoms with E-state index in [-0.39, 0.29) is 28.3 Å². The van der Waals surface area contributed by atoms with E-state index < -0.39 is 27.0 Å². The second-order valence-electron chi connectivity index (χ2n) is 8.52. The highest BCUT2D eigenvalue weighted by Crippen LogP contribution is 2.32. The molecule has 0 radical (unpaired) electrons. The number of carbonyl (C=O) groups excluding carboxylic acids is 1. The lowest BCUT2D eigenvalue weighted by Gasteiger charge is -2.19. The molecule has 0 aliphatic rings. The number of hydrogen-bond donors (Lipinski definition) is 1. The maximum atomic E-state index is 14.1. The maximum Gasteiger partial charge on any atom is 0.194 e. The number of hydrogen-bond acceptors (Lipinski definition) is 5. The van der Waals surface area contributed by atoms with Gasteiger partial charge in [0.05, 0.1) is 5.60 Å². The minimum atomic E-state index is -3.81. The minimum Gasteiger partial charge on any atom is -0.385 e. The van der Waals surface area contributed by atoms with Gasteiger partial charge in [0, 0.05) is 11.3 Å². The fourth-order valence-corrected chi connectivity index (χ4v) is 5.90. The molecule has 7 heteroatoms. The van der Waals surface area contributed by atoms with Crippen molar-refractivity contribution >= 4 is 27.0 Å². The third-order valence-electron chi connectivity index (χ3n) is 4.74. The standard InChI is InChI=1S/C22H29FO4S2/c1-13(2)17-9-15(23)10-18(14(3)4)19(17)11-16(24)12-29(26,27)21-8-7-20(28-21)22(5,6)25/h7-10,13-14,25H,11-12H2,1-6H3. The highest BCUT2D eigenvalue weighted by Gasteiger charge is 2.27. The molecule has 0 unspecified atom stereocenters. The first-order valence-corrected chi connectivity index (χ1v) is 12.1. The highest BCUT2D eigenvalue weighted by molar-refractivity contribution is 7.94. The van der Waals surface area contributed by atoms with Crippen LogP contribution in [0.25, 0.3) is 0 Å². The molecule has 2 aromatic rings. The van der Waals surface area contributed by atoms with Gasteiger partial charge in [-0.15, -0.1) is 11.3 Å². The molecule has 4 nitrogen and oxygen atoms in total. The van der Waals surface area contributed by atoms with Crippen LogP contribution in [0.5, 0.6) is 0 Å². The summed E-state index contributed by atoms with van der Waals surface area (Å²) in [5.74, 6) is -1.38. The van der Waals surface area contributed by atoms with Crippen LogP contribution in [-0.2, 0) is 26.7 Å². The van der Waals surface area contributed by atoms with Crippen molar-refractivity contribution in [3.63, 3.8) is 0 Å². The Kier molecular flexibility index (Phi) is 7.08. The molecule has 0 atom stereocenters. The van der Waals surface area contributed by atoms with E-state index in [4.69, 9.17) is 0 Å². The van der Waals surface area contributed by atoms with Crippen LogP contribution in [0.15, 0.2) is 28.5 Å². The molecule has 29 heavy (non-hydrogen) atoms. The van der Waals surface area contributed by atoms with Crippen molar-refractivity contribution in [2.24, 2.45) is 0 Å². The average Bonchev–Trinajstić information content (AvgIpc) is 3.06. The molecule has 1 N–H and O–H groups in total. The molecule has 0 saturated heterocycles. The molecule has 0 bridgehead atoms. The van der Waals surface area contributed by atoms with Crippen molar-refractivity contribution in [2.75, 3.05) is 5.75 Å². The van der Waals surface area contributed by atoms with Crippen LogP contribution in [0.3, 0.4) is 0 Å². The summed E-state index contributed by atoms with van der Waals surface area (Å²) in [4.78, 5) is 13.2. The van der Waals surface area contributed by atoms with Crippen LogP contribution in [-0.4, -0.2) is 25.1 Å². The van der Waals surface area contributed by atoms with Gasteiger partial charge in [-0.05, 0) is 66.6 Å². The van der Waals surface area contributed by atoms with Crippen LogP contribution in [0.2, 0.25) is 0 Å². The number of Topliss-reactive ketones (excluding diaryl/α,β-unsaturated/α-hetero) is 1. The zero-order valence-electron chi connectivity index (χ0n) is 17.7. The van der Waals surface area contributed by atoms with Gasteiger partial charge in [-0.3, -0.25) is 4.79 Å². The van der Waals surface area contributed by atoms with Gasteiger partial charge >= 0.3 is 0 Å². The zero-order chi connectivity index (χ0) is 22.1. The second kappa shape index (κ2) is 8.66. The summed E-state index contributed by atoms with van der Waals surface area (Å²) in [6.07, 6.45) is -0.0513. The maximum absolute atomic E-state index is 14.1. The van der Waals surface area contributed by atoms with Crippen molar-refractivity contribution < 1.29 is 22.7 Å². The number of thiophene rings is 1. The lowest BCUT2D eigenvalue weighted by Crippen LogP contribution is -2.19. The van der Waals surface area contributed by atoms with E-state index in [2.05, 4.69) is 0 Å². The van der Waals surface area contributed by atoms with Crippen LogP contribution in [0.1, 0.15) is 74.9 Å². The normalized spacial score (nSPS) is 12.8. The lowest BCUT2D eigenvalue weighted by molar-refractivity contribution is -0.116. The fourth-order valence-electron chi connectivity index (χ4n) is 3.26. The molecule has 0 aliphatic heterocycles. The molecular weight excluding hydrogens is 411 g/mol. The molecule has 0 fully saturated rings. The summed E-state index contributed by atoms with van der Waals surface area (Å²) in [5.41, 5.74) is 1.05. The predicted octanol–water partition coefficient (Wildman–Crippen LogP) is 4.95. The second-order valence-corrected chi connectivity index (χ2v) is 11.8. The molecule has 0 saturated carbocycles. The van der Waals surface area contributed by atoms with Gasteiger partial charge in [0.25, 0.3) is 0 Å². The van der Waals surface area contributed by atoms with Crippen molar-refractivity contribution in [1.82, 2.24) is 0 Å². The van der Waals surface area contributed by atoms with Crippen molar-refractivity contribution in [3.05, 3.63) is 51.7 Å². The van der Waals surface area contributed by atoms with Crippen LogP contribution in [0.4, 0.5) is 4.39 Å². The number of ketones is 1. The monoisotopic (exact) mass is 440 g/mol. The Hall–Kier alpha value is -1.57. The Morgan fingerprint density at radius 2 is 1.62 bits per heavy atom. The number of benzene rings is 1. The number of halogens is 1. The molecule has 0 aliphatic carbocycles. The summed E-state index contributed by atoms with van der Waals surface area (Å²) in [6.45, 7) is 10.9. The first kappa shape index (κ1) is 23.7. The van der Waals surface area contributed by atoms with Crippen LogP contribution < -0.4 is 0 Å². The van der Waals surface area contributed by atoms with Gasteiger partial charge in [0.15, 0.2) is 15.6 Å². The molecule has 1 aromatic carbocycles. The Balaban J connectivity index is 2.32. The van der Waals surface area contributed by atoms with Crippen molar-refractivity contribution in [1.29, 1.82) is 0 Å². The number of rotatable bonds is 8. The van der Waals surface area contributed by atoms with Gasteiger partial charge < -0.3 is 5.11 Å². The zero-order valence-corrected chi connectivity index (χ0v) is 19.4. The Morgan fingerprint density at radius 3 is 2.03 bits per heavy atom. The molecule has 1 heterocycles. The third kappa shape index (κ3) is 5.74. The molecule has 2 rings (SSSR count). The number of carbonyl (C=O) groups is 1. The Bertz CT molecular complexity index is 967.